The summed E-state index contributed by atoms with van der Waals surface area (Å²) >= 11 is 0.158. The third-order valence-electron chi connectivity index (χ3n) is 2.79. The Balaban J connectivity index is 2.50. The van der Waals surface area contributed by atoms with Gasteiger partial charge in [-0.15, -0.1) is 0 Å². The maximum atomic E-state index is 13.9. The molecule has 0 aliphatic rings. The molecule has 0 bridgehead atoms. The Morgan fingerprint density at radius 3 is 1.28 bits per heavy atom. The minimum Gasteiger partial charge on any atom is -0.239 e. The zero-order valence-electron chi connectivity index (χ0n) is 11.8. The van der Waals surface area contributed by atoms with E-state index in [1.165, 1.54) is 0 Å². The van der Waals surface area contributed by atoms with E-state index in [4.69, 9.17) is 0 Å². The molecule has 0 unspecified atom stereocenters. The van der Waals surface area contributed by atoms with Gasteiger partial charge >= 0.3 is 0 Å². The fourth-order valence-corrected chi connectivity index (χ4v) is 3.65. The van der Waals surface area contributed by atoms with Crippen LogP contribution in [-0.4, -0.2) is 12.0 Å². The van der Waals surface area contributed by atoms with Gasteiger partial charge in [-0.05, 0) is 12.1 Å². The van der Waals surface area contributed by atoms with Gasteiger partial charge in [-0.25, -0.2) is 35.1 Å². The molecule has 0 atom stereocenters. The number of halogens is 8. The van der Waals surface area contributed by atoms with E-state index in [0.29, 0.717) is 12.1 Å². The third kappa shape index (κ3) is 4.20. The summed E-state index contributed by atoms with van der Waals surface area (Å²) in [6, 6.07) is -1.37. The largest absolute Gasteiger partial charge is 0.239 e. The molecule has 11 heteroatoms. The molecule has 0 saturated carbocycles. The number of benzene rings is 2. The quantitative estimate of drug-likeness (QED) is 0.289. The molecule has 0 aliphatic carbocycles. The fourth-order valence-electron chi connectivity index (χ4n) is 1.73. The predicted octanol–water partition coefficient (Wildman–Crippen LogP) is 6.71. The number of hydrogen-bond acceptors (Lipinski definition) is 3. The molecule has 2 rings (SSSR count). The van der Waals surface area contributed by atoms with Gasteiger partial charge in [-0.3, -0.25) is 0 Å². The van der Waals surface area contributed by atoms with Gasteiger partial charge in [0, 0.05) is 0 Å². The van der Waals surface area contributed by atoms with E-state index in [1.807, 2.05) is 0 Å². The highest BCUT2D eigenvalue weighted by Gasteiger charge is 2.25. The molecule has 0 fully saturated rings. The Bertz CT molecular complexity index is 731. The Morgan fingerprint density at radius 2 is 0.960 bits per heavy atom. The average Bonchev–Trinajstić information content (AvgIpc) is 2.57. The van der Waals surface area contributed by atoms with Crippen molar-refractivity contribution in [3.8, 4) is 0 Å². The van der Waals surface area contributed by atoms with Crippen LogP contribution in [0.2, 0.25) is 0 Å². The standard InChI is InChI=1S/C14H6F8S3/c15-3-23-7-1-5(17)13(11(21)9(7)19)25-14-6(18)2-8(24-4-16)10(20)12(14)22/h1-2H,3-4H2. The van der Waals surface area contributed by atoms with Crippen LogP contribution in [0.25, 0.3) is 0 Å². The normalized spacial score (nSPS) is 11.2. The van der Waals surface area contributed by atoms with Gasteiger partial charge in [0.15, 0.2) is 23.3 Å². The second-order valence-electron chi connectivity index (χ2n) is 4.24. The summed E-state index contributed by atoms with van der Waals surface area (Å²) in [5, 5.41) is 0. The SMILES string of the molecule is FCSc1cc(F)c(Sc2c(F)cc(SCF)c(F)c2F)c(F)c1F. The van der Waals surface area contributed by atoms with Crippen molar-refractivity contribution in [3.63, 3.8) is 0 Å². The molecule has 0 amide bonds. The van der Waals surface area contributed by atoms with Crippen molar-refractivity contribution in [1.82, 2.24) is 0 Å². The van der Waals surface area contributed by atoms with E-state index < -0.39 is 66.5 Å². The summed E-state index contributed by atoms with van der Waals surface area (Å²) in [7, 11) is 0. The first-order chi connectivity index (χ1) is 11.8. The van der Waals surface area contributed by atoms with Crippen LogP contribution in [0.4, 0.5) is 35.1 Å². The van der Waals surface area contributed by atoms with E-state index in [1.54, 1.807) is 0 Å². The smallest absolute Gasteiger partial charge is 0.176 e. The van der Waals surface area contributed by atoms with Crippen molar-refractivity contribution < 1.29 is 35.1 Å². The summed E-state index contributed by atoms with van der Waals surface area (Å²) in [4.78, 5) is -3.57. The summed E-state index contributed by atoms with van der Waals surface area (Å²) in [5.74, 6) is -9.58. The first-order valence-electron chi connectivity index (χ1n) is 6.22. The lowest BCUT2D eigenvalue weighted by molar-refractivity contribution is 0.444. The lowest BCUT2D eigenvalue weighted by Gasteiger charge is -2.11. The monoisotopic (exact) mass is 422 g/mol. The summed E-state index contributed by atoms with van der Waals surface area (Å²) in [6.07, 6.45) is 0. The first kappa shape index (κ1) is 20.2. The predicted molar refractivity (Wildman–Crippen MR) is 80.4 cm³/mol. The Morgan fingerprint density at radius 1 is 0.600 bits per heavy atom. The van der Waals surface area contributed by atoms with Crippen LogP contribution < -0.4 is 0 Å². The van der Waals surface area contributed by atoms with Crippen molar-refractivity contribution in [2.75, 3.05) is 12.0 Å². The van der Waals surface area contributed by atoms with Gasteiger partial charge in [0.2, 0.25) is 0 Å². The number of thioether (sulfide) groups is 2. The minimum atomic E-state index is -1.79. The highest BCUT2D eigenvalue weighted by Crippen LogP contribution is 2.41. The zero-order chi connectivity index (χ0) is 18.7. The molecule has 0 nitrogen and oxygen atoms in total. The molecule has 0 saturated heterocycles. The maximum Gasteiger partial charge on any atom is 0.176 e. The second-order valence-corrected chi connectivity index (χ2v) is 7.15. The molecule has 0 spiro atoms. The molecule has 0 aliphatic heterocycles. The molecule has 0 heterocycles. The molecule has 2 aromatic rings. The molecular formula is C14H6F8S3. The van der Waals surface area contributed by atoms with E-state index in [9.17, 15) is 35.1 Å². The Labute approximate surface area is 149 Å². The molecule has 25 heavy (non-hydrogen) atoms. The summed E-state index contributed by atoms with van der Waals surface area (Å²) < 4.78 is 108. The third-order valence-corrected chi connectivity index (χ3v) is 5.38. The van der Waals surface area contributed by atoms with Gasteiger partial charge in [0.1, 0.15) is 23.6 Å². The lowest BCUT2D eigenvalue weighted by atomic mass is 10.3. The Kier molecular flexibility index (Phi) is 6.92. The molecular weight excluding hydrogens is 416 g/mol. The topological polar surface area (TPSA) is 0 Å². The number of alkyl halides is 2. The van der Waals surface area contributed by atoms with E-state index in [2.05, 4.69) is 0 Å². The molecule has 136 valence electrons. The van der Waals surface area contributed by atoms with Gasteiger partial charge in [0.25, 0.3) is 0 Å². The van der Waals surface area contributed by atoms with E-state index in [-0.39, 0.29) is 35.3 Å². The van der Waals surface area contributed by atoms with Crippen molar-refractivity contribution in [1.29, 1.82) is 0 Å². The van der Waals surface area contributed by atoms with Crippen LogP contribution in [-0.2, 0) is 0 Å². The Hall–Kier alpha value is -1.07. The number of rotatable bonds is 6. The van der Waals surface area contributed by atoms with Crippen molar-refractivity contribution in [2.24, 2.45) is 0 Å². The summed E-state index contributed by atoms with van der Waals surface area (Å²) in [5.41, 5.74) is 0. The van der Waals surface area contributed by atoms with Crippen molar-refractivity contribution in [3.05, 3.63) is 47.0 Å². The number of hydrogen-bond donors (Lipinski definition) is 0. The van der Waals surface area contributed by atoms with Crippen LogP contribution in [0.1, 0.15) is 0 Å². The van der Waals surface area contributed by atoms with Crippen molar-refractivity contribution >= 4 is 35.3 Å². The van der Waals surface area contributed by atoms with Crippen molar-refractivity contribution in [2.45, 2.75) is 19.6 Å². The van der Waals surface area contributed by atoms with Crippen LogP contribution in [0.15, 0.2) is 31.7 Å². The van der Waals surface area contributed by atoms with Crippen LogP contribution in [0.3, 0.4) is 0 Å². The van der Waals surface area contributed by atoms with E-state index in [0.717, 1.165) is 0 Å². The van der Waals surface area contributed by atoms with E-state index >= 15 is 0 Å². The highest BCUT2D eigenvalue weighted by molar-refractivity contribution is 8.00. The average molecular weight is 422 g/mol. The van der Waals surface area contributed by atoms with Crippen LogP contribution in [0, 0.1) is 34.9 Å². The van der Waals surface area contributed by atoms with Crippen LogP contribution in [0.5, 0.6) is 0 Å². The lowest BCUT2D eigenvalue weighted by Crippen LogP contribution is -2.00. The minimum absolute atomic E-state index is 0.184. The maximum absolute atomic E-state index is 13.9. The molecule has 0 radical (unpaired) electrons. The van der Waals surface area contributed by atoms with Gasteiger partial charge < -0.3 is 0 Å². The van der Waals surface area contributed by atoms with Gasteiger partial charge in [-0.1, -0.05) is 35.3 Å². The zero-order valence-corrected chi connectivity index (χ0v) is 14.3. The molecule has 0 aromatic heterocycles. The fraction of sp³-hybridized carbons (Fsp3) is 0.143. The van der Waals surface area contributed by atoms with Gasteiger partial charge in [0.05, 0.1) is 19.6 Å². The molecule has 0 N–H and O–H groups in total. The second kappa shape index (κ2) is 8.54. The summed E-state index contributed by atoms with van der Waals surface area (Å²) in [6.45, 7) is 0. The highest BCUT2D eigenvalue weighted by atomic mass is 32.2. The van der Waals surface area contributed by atoms with Gasteiger partial charge in [-0.2, -0.15) is 0 Å². The first-order valence-corrected chi connectivity index (χ1v) is 9.00. The molecule has 2 aromatic carbocycles. The van der Waals surface area contributed by atoms with Crippen LogP contribution >= 0.6 is 35.3 Å².